The standard InChI is InChI=1S/C42H51N3O5S.C41H49N3O4S.C40H45N3O5S/c1-5-6-7-8-9-10-23-50-35-17-15-30(16-18-35)34-26-43-39(44-27-34)31-13-11-29(12-14-31)24-33(40(47)45-22-21-32(28-45)41(48)49)25-36(46)37-19-20-38(51-37)42(2,3)4;1-5-6-7-8-9-10-28-11-15-30(16-12-28)34-25-42-38(43-26-34)31-17-13-29(14-18-31)23-33(39(46)44-22-21-32(27-44)40(47)48)24-35(45)36-19-20-37(49-36)41(2,3)4;1-5-6-7-8-33(44)28-15-13-27(14-16-28)32-23-41-37(42-24-32)29-11-9-26(10-12-29)21-31(38(46)43-20-19-30(25-43)39(47)48)22-34(45)35-17-18-36(49-35)40(2,3)4/h11-20,26-27,32-33H,5-10,21-25,28H2,1-4H3,(H,48,49);11-20,25-26,32-33H,5-10,21-24,27H2,1-4H3,(H,47,48);9-18,23-24,30-31H,5-8,19-22,25H2,1-4H3,(H,47,48)/t2*32-,33+;30-,31+/m000/s1. The van der Waals surface area contributed by atoms with Crippen LogP contribution in [0.25, 0.3) is 67.5 Å². The van der Waals surface area contributed by atoms with Gasteiger partial charge in [0.05, 0.1) is 39.0 Å². The number of carboxylic acid groups (broad SMARTS) is 3. The Balaban J connectivity index is 0.000000186. The summed E-state index contributed by atoms with van der Waals surface area (Å²) < 4.78 is 5.93. The molecule has 23 nitrogen and oxygen atoms in total. The first-order valence-corrected chi connectivity index (χ1v) is 55.6. The number of thiophene rings is 3. The van der Waals surface area contributed by atoms with Gasteiger partial charge in [0.1, 0.15) is 5.75 Å². The highest BCUT2D eigenvalue weighted by molar-refractivity contribution is 7.15. The molecule has 3 aliphatic heterocycles. The number of likely N-dealkylation sites (tertiary alicyclic amines) is 3. The fraction of sp³-hybridized carbons (Fsp3) is 0.431. The summed E-state index contributed by atoms with van der Waals surface area (Å²) in [5.41, 5.74) is 12.9. The van der Waals surface area contributed by atoms with Crippen LogP contribution in [0.15, 0.2) is 219 Å². The van der Waals surface area contributed by atoms with E-state index in [1.165, 1.54) is 104 Å². The number of hydrogen-bond donors (Lipinski definition) is 3. The van der Waals surface area contributed by atoms with Crippen LogP contribution in [0.5, 0.6) is 5.75 Å². The predicted molar refractivity (Wildman–Crippen MR) is 593 cm³/mol. The molecule has 6 aromatic carbocycles. The number of hydrogen-bond acceptors (Lipinski definition) is 20. The van der Waals surface area contributed by atoms with Gasteiger partial charge >= 0.3 is 17.9 Å². The number of unbranched alkanes of at least 4 members (excludes halogenated alkanes) is 11. The van der Waals surface area contributed by atoms with Crippen molar-refractivity contribution in [2.75, 3.05) is 45.9 Å². The first-order chi connectivity index (χ1) is 71.4. The predicted octanol–water partition coefficient (Wildman–Crippen LogP) is 26.6. The number of aliphatic carboxylic acids is 3. The zero-order valence-corrected chi connectivity index (χ0v) is 90.9. The van der Waals surface area contributed by atoms with Crippen molar-refractivity contribution in [1.82, 2.24) is 44.6 Å². The largest absolute Gasteiger partial charge is 0.494 e. The minimum Gasteiger partial charge on any atom is -0.494 e. The van der Waals surface area contributed by atoms with Gasteiger partial charge in [-0.25, -0.2) is 29.9 Å². The number of carboxylic acids is 3. The van der Waals surface area contributed by atoms with Gasteiger partial charge in [-0.3, -0.25) is 47.9 Å². The molecule has 6 aromatic heterocycles. The second kappa shape index (κ2) is 53.9. The van der Waals surface area contributed by atoms with Crippen molar-refractivity contribution in [2.45, 2.75) is 260 Å². The Bertz CT molecular complexity index is 6460. The van der Waals surface area contributed by atoms with Gasteiger partial charge in [-0.1, -0.05) is 287 Å². The molecule has 26 heteroatoms. The van der Waals surface area contributed by atoms with Crippen LogP contribution in [-0.4, -0.2) is 165 Å². The molecule has 6 atom stereocenters. The molecule has 3 amide bonds. The van der Waals surface area contributed by atoms with Gasteiger partial charge < -0.3 is 34.8 Å². The Kier molecular flexibility index (Phi) is 40.9. The third kappa shape index (κ3) is 32.7. The summed E-state index contributed by atoms with van der Waals surface area (Å²) in [7, 11) is 0. The summed E-state index contributed by atoms with van der Waals surface area (Å²) in [5.74, 6) is -4.11. The van der Waals surface area contributed by atoms with Crippen LogP contribution in [0.1, 0.15) is 294 Å². The number of rotatable bonds is 46. The number of aryl methyl sites for hydroxylation is 1. The molecular formula is C123H145N9O14S3. The molecule has 3 aliphatic rings. The molecule has 3 fully saturated rings. The minimum atomic E-state index is -0.898. The maximum atomic E-state index is 13.8. The van der Waals surface area contributed by atoms with E-state index in [1.807, 2.05) is 183 Å². The quantitative estimate of drug-likeness (QED) is 0.0236. The van der Waals surface area contributed by atoms with Crippen LogP contribution in [0.3, 0.4) is 0 Å². The van der Waals surface area contributed by atoms with Gasteiger partial charge in [0.25, 0.3) is 0 Å². The number of carbonyl (C=O) groups excluding carboxylic acids is 7. The fourth-order valence-corrected chi connectivity index (χ4v) is 21.9. The molecule has 149 heavy (non-hydrogen) atoms. The molecule has 3 N–H and O–H groups in total. The smallest absolute Gasteiger partial charge is 0.308 e. The van der Waals surface area contributed by atoms with E-state index in [1.54, 1.807) is 27.1 Å². The van der Waals surface area contributed by atoms with E-state index in [0.717, 1.165) is 131 Å². The first-order valence-electron chi connectivity index (χ1n) is 53.1. The van der Waals surface area contributed by atoms with E-state index in [-0.39, 0.29) is 96.0 Å². The first kappa shape index (κ1) is 113. The lowest BCUT2D eigenvalue weighted by Gasteiger charge is -2.23. The number of amides is 3. The average Bonchev–Trinajstić information content (AvgIpc) is 1.07. The molecule has 12 aromatic rings. The van der Waals surface area contributed by atoms with Crippen molar-refractivity contribution >= 4 is 92.8 Å². The van der Waals surface area contributed by atoms with Gasteiger partial charge in [-0.05, 0) is 168 Å². The molecule has 0 aliphatic carbocycles. The lowest BCUT2D eigenvalue weighted by Crippen LogP contribution is -2.37. The molecule has 9 heterocycles. The average molecular weight is 2070 g/mol. The number of ketones is 4. The van der Waals surface area contributed by atoms with Gasteiger partial charge in [0.2, 0.25) is 17.7 Å². The third-order valence-corrected chi connectivity index (χ3v) is 32.8. The third-order valence-electron chi connectivity index (χ3n) is 28.1. The monoisotopic (exact) mass is 2070 g/mol. The number of nitrogens with zero attached hydrogens (tertiary/aromatic N) is 9. The summed E-state index contributed by atoms with van der Waals surface area (Å²) >= 11 is 4.43. The molecule has 0 unspecified atom stereocenters. The molecule has 0 bridgehead atoms. The van der Waals surface area contributed by atoms with Gasteiger partial charge in [-0.2, -0.15) is 0 Å². The summed E-state index contributed by atoms with van der Waals surface area (Å²) in [5, 5.41) is 28.5. The fourth-order valence-electron chi connectivity index (χ4n) is 18.9. The Morgan fingerprint density at radius 2 is 0.604 bits per heavy atom. The van der Waals surface area contributed by atoms with Crippen LogP contribution < -0.4 is 4.74 Å². The number of carbonyl (C=O) groups is 10. The van der Waals surface area contributed by atoms with Crippen molar-refractivity contribution in [2.24, 2.45) is 35.5 Å². The summed E-state index contributed by atoms with van der Waals surface area (Å²) in [4.78, 5) is 167. The van der Waals surface area contributed by atoms with Crippen LogP contribution in [-0.2, 0) is 70.7 Å². The summed E-state index contributed by atoms with van der Waals surface area (Å²) in [6.07, 6.45) is 32.0. The number of aromatic nitrogens is 6. The number of Topliss-reactive ketones (excluding diaryl/α,β-unsaturated/α-hetero) is 4. The highest BCUT2D eigenvalue weighted by atomic mass is 32.1. The number of ether oxygens (including phenoxy) is 1. The van der Waals surface area contributed by atoms with E-state index in [0.29, 0.717) is 96.7 Å². The maximum Gasteiger partial charge on any atom is 0.308 e. The summed E-state index contributed by atoms with van der Waals surface area (Å²) in [6, 6.07) is 59.1. The minimum absolute atomic E-state index is 0.0531. The van der Waals surface area contributed by atoms with Crippen LogP contribution in [0.4, 0.5) is 0 Å². The Hall–Kier alpha value is -13.0. The normalized spacial score (nSPS) is 15.2. The number of benzene rings is 6. The second-order valence-corrected chi connectivity index (χ2v) is 46.3. The molecular weight excluding hydrogens is 1920 g/mol. The zero-order valence-electron chi connectivity index (χ0n) is 88.5. The van der Waals surface area contributed by atoms with Crippen molar-refractivity contribution in [1.29, 1.82) is 0 Å². The molecule has 3 saturated heterocycles. The van der Waals surface area contributed by atoms with E-state index < -0.39 is 53.4 Å². The Morgan fingerprint density at radius 1 is 0.322 bits per heavy atom. The SMILES string of the molecule is CCCCCC(=O)c1ccc(-c2cnc(-c3ccc(C[C@H](CC(=O)c4ccc(C(C)(C)C)s4)C(=O)N4CC[C@H](C(=O)O)C4)cc3)nc2)cc1.CCCCCCCCOc1ccc(-c2cnc(-c3ccc(C[C@H](CC(=O)c4ccc(C(C)(C)C)s4)C(=O)N4CC[C@H](C(=O)O)C4)cc3)nc2)cc1.CCCCCCCc1ccc(-c2cnc(-c3ccc(C[C@H](CC(=O)c4ccc(C(C)(C)C)s4)C(=O)N4CC[C@H](C(=O)O)C4)cc3)nc2)cc1. The van der Waals surface area contributed by atoms with Gasteiger partial charge in [0.15, 0.2) is 40.6 Å². The Morgan fingerprint density at radius 3 is 0.906 bits per heavy atom. The van der Waals surface area contributed by atoms with Gasteiger partial charge in [-0.15, -0.1) is 34.0 Å². The van der Waals surface area contributed by atoms with E-state index >= 15 is 0 Å². The molecule has 0 spiro atoms. The van der Waals surface area contributed by atoms with Crippen molar-refractivity contribution in [3.8, 4) is 73.3 Å². The van der Waals surface area contributed by atoms with Gasteiger partial charge in [0, 0.05) is 173 Å². The van der Waals surface area contributed by atoms with Crippen LogP contribution >= 0.6 is 34.0 Å². The Labute approximate surface area is 890 Å². The van der Waals surface area contributed by atoms with Crippen LogP contribution in [0.2, 0.25) is 0 Å². The zero-order chi connectivity index (χ0) is 106. The van der Waals surface area contributed by atoms with Crippen molar-refractivity contribution in [3.05, 3.63) is 276 Å². The maximum absolute atomic E-state index is 13.8. The van der Waals surface area contributed by atoms with Crippen molar-refractivity contribution in [3.63, 3.8) is 0 Å². The molecule has 0 radical (unpaired) electrons. The lowest BCUT2D eigenvalue weighted by atomic mass is 9.92. The van der Waals surface area contributed by atoms with E-state index in [2.05, 4.69) is 137 Å². The highest BCUT2D eigenvalue weighted by Crippen LogP contribution is 2.39. The molecule has 784 valence electrons. The lowest BCUT2D eigenvalue weighted by molar-refractivity contribution is -0.143. The highest BCUT2D eigenvalue weighted by Gasteiger charge is 2.40. The molecule has 0 saturated carbocycles. The molecule has 15 rings (SSSR count). The second-order valence-electron chi connectivity index (χ2n) is 43.1. The van der Waals surface area contributed by atoms with E-state index in [9.17, 15) is 63.3 Å². The topological polar surface area (TPSA) is 328 Å². The van der Waals surface area contributed by atoms with Crippen LogP contribution in [0, 0.1) is 35.5 Å². The van der Waals surface area contributed by atoms with E-state index in [4.69, 9.17) is 4.74 Å². The summed E-state index contributed by atoms with van der Waals surface area (Å²) in [6.45, 7) is 28.0. The van der Waals surface area contributed by atoms with Crippen molar-refractivity contribution < 1.29 is 68.0 Å².